The van der Waals surface area contributed by atoms with Crippen LogP contribution in [0, 0.1) is 5.92 Å². The van der Waals surface area contributed by atoms with Gasteiger partial charge in [0.25, 0.3) is 0 Å². The topological polar surface area (TPSA) is 45.7 Å². The van der Waals surface area contributed by atoms with Crippen molar-refractivity contribution in [2.75, 3.05) is 19.6 Å². The zero-order valence-corrected chi connectivity index (χ0v) is 19.7. The molecule has 1 fully saturated rings. The summed E-state index contributed by atoms with van der Waals surface area (Å²) in [7, 11) is 0. The molecule has 0 saturated carbocycles. The van der Waals surface area contributed by atoms with Crippen LogP contribution in [0.1, 0.15) is 57.9 Å². The zero-order chi connectivity index (χ0) is 22.4. The number of amides is 1. The van der Waals surface area contributed by atoms with E-state index in [1.54, 1.807) is 0 Å². The van der Waals surface area contributed by atoms with Gasteiger partial charge in [-0.25, -0.2) is 4.79 Å². The molecule has 0 aliphatic carbocycles. The third-order valence-corrected chi connectivity index (χ3v) is 5.52. The quantitative estimate of drug-likeness (QED) is 0.619. The van der Waals surface area contributed by atoms with Crippen LogP contribution < -0.4 is 0 Å². The number of hydrogen-bond acceptors (Lipinski definition) is 4. The first-order valence-corrected chi connectivity index (χ1v) is 11.4. The second-order valence-corrected chi connectivity index (χ2v) is 9.96. The lowest BCUT2D eigenvalue weighted by atomic mass is 10.0. The van der Waals surface area contributed by atoms with E-state index in [0.717, 1.165) is 44.7 Å². The minimum atomic E-state index is -0.461. The predicted octanol–water partition coefficient (Wildman–Crippen LogP) is 5.14. The molecule has 0 unspecified atom stereocenters. The minimum Gasteiger partial charge on any atom is -0.444 e. The number of nitrogens with zero attached hydrogens (tertiary/aromatic N) is 3. The van der Waals surface area contributed by atoms with Crippen molar-refractivity contribution in [1.29, 1.82) is 0 Å². The Morgan fingerprint density at radius 3 is 2.52 bits per heavy atom. The molecule has 0 radical (unpaired) electrons. The Bertz CT molecular complexity index is 845. The van der Waals surface area contributed by atoms with Gasteiger partial charge >= 0.3 is 6.09 Å². The average molecular weight is 424 g/mol. The lowest BCUT2D eigenvalue weighted by Crippen LogP contribution is -2.41. The Labute approximate surface area is 187 Å². The van der Waals surface area contributed by atoms with Gasteiger partial charge in [-0.2, -0.15) is 0 Å². The molecule has 31 heavy (non-hydrogen) atoms. The summed E-state index contributed by atoms with van der Waals surface area (Å²) < 4.78 is 5.60. The van der Waals surface area contributed by atoms with E-state index in [0.29, 0.717) is 12.0 Å². The monoisotopic (exact) mass is 423 g/mol. The van der Waals surface area contributed by atoms with Crippen LogP contribution in [0.2, 0.25) is 0 Å². The van der Waals surface area contributed by atoms with E-state index in [1.165, 1.54) is 11.1 Å². The van der Waals surface area contributed by atoms with Crippen molar-refractivity contribution in [3.05, 3.63) is 65.5 Å². The minimum absolute atomic E-state index is 0.199. The summed E-state index contributed by atoms with van der Waals surface area (Å²) in [6.07, 6.45) is 3.47. The zero-order valence-electron chi connectivity index (χ0n) is 19.7. The molecule has 2 heterocycles. The van der Waals surface area contributed by atoms with Crippen molar-refractivity contribution >= 4 is 6.09 Å². The van der Waals surface area contributed by atoms with E-state index < -0.39 is 5.60 Å². The summed E-state index contributed by atoms with van der Waals surface area (Å²) in [5.74, 6) is 0.554. The van der Waals surface area contributed by atoms with Crippen LogP contribution in [0.25, 0.3) is 0 Å². The van der Waals surface area contributed by atoms with E-state index in [-0.39, 0.29) is 6.09 Å². The summed E-state index contributed by atoms with van der Waals surface area (Å²) in [5.41, 5.74) is 3.28. The highest BCUT2D eigenvalue weighted by molar-refractivity contribution is 5.68. The number of ether oxygens (including phenoxy) is 1. The first kappa shape index (κ1) is 23.3. The van der Waals surface area contributed by atoms with Crippen molar-refractivity contribution in [2.24, 2.45) is 5.92 Å². The third kappa shape index (κ3) is 7.06. The molecule has 1 saturated heterocycles. The maximum absolute atomic E-state index is 12.5. The number of pyridine rings is 1. The van der Waals surface area contributed by atoms with Gasteiger partial charge in [-0.1, -0.05) is 44.2 Å². The van der Waals surface area contributed by atoms with Gasteiger partial charge in [0.1, 0.15) is 5.60 Å². The Kier molecular flexibility index (Phi) is 7.71. The number of likely N-dealkylation sites (tertiary alicyclic amines) is 1. The van der Waals surface area contributed by atoms with Crippen LogP contribution >= 0.6 is 0 Å². The number of rotatable bonds is 7. The molecule has 1 atom stereocenters. The van der Waals surface area contributed by atoms with Gasteiger partial charge in [0.2, 0.25) is 0 Å². The molecule has 5 heteroatoms. The molecule has 0 bridgehead atoms. The maximum Gasteiger partial charge on any atom is 0.410 e. The maximum atomic E-state index is 12.5. The molecule has 2 aromatic rings. The van der Waals surface area contributed by atoms with E-state index in [2.05, 4.69) is 54.1 Å². The highest BCUT2D eigenvalue weighted by atomic mass is 16.6. The van der Waals surface area contributed by atoms with Crippen LogP contribution in [-0.2, 0) is 17.7 Å². The Hall–Kier alpha value is -2.40. The highest BCUT2D eigenvalue weighted by Gasteiger charge is 2.33. The number of benzene rings is 1. The Balaban J connectivity index is 1.72. The summed E-state index contributed by atoms with van der Waals surface area (Å²) in [6.45, 7) is 13.6. The molecule has 1 aromatic carbocycles. The lowest BCUT2D eigenvalue weighted by Gasteiger charge is -2.31. The fraction of sp³-hybridized carbons (Fsp3) is 0.538. The van der Waals surface area contributed by atoms with E-state index >= 15 is 0 Å². The van der Waals surface area contributed by atoms with Crippen molar-refractivity contribution in [3.8, 4) is 0 Å². The van der Waals surface area contributed by atoms with E-state index in [1.807, 2.05) is 44.0 Å². The molecule has 1 amide bonds. The van der Waals surface area contributed by atoms with E-state index in [9.17, 15) is 4.79 Å². The second kappa shape index (κ2) is 10.3. The van der Waals surface area contributed by atoms with Crippen molar-refractivity contribution in [2.45, 2.75) is 65.6 Å². The Morgan fingerprint density at radius 2 is 1.87 bits per heavy atom. The molecule has 0 N–H and O–H groups in total. The summed E-state index contributed by atoms with van der Waals surface area (Å²) >= 11 is 0. The number of carbonyl (C=O) groups excluding carboxylic acids is 1. The molecular weight excluding hydrogens is 386 g/mol. The predicted molar refractivity (Wildman–Crippen MR) is 125 cm³/mol. The first-order valence-electron chi connectivity index (χ1n) is 11.4. The molecule has 0 spiro atoms. The summed E-state index contributed by atoms with van der Waals surface area (Å²) in [4.78, 5) is 21.5. The van der Waals surface area contributed by atoms with Crippen LogP contribution in [0.15, 0.2) is 48.7 Å². The molecule has 1 aliphatic rings. The molecule has 168 valence electrons. The lowest BCUT2D eigenvalue weighted by molar-refractivity contribution is 0.0277. The van der Waals surface area contributed by atoms with E-state index in [4.69, 9.17) is 4.74 Å². The molecule has 1 aliphatic heterocycles. The molecule has 1 aromatic heterocycles. The van der Waals surface area contributed by atoms with Crippen molar-refractivity contribution in [1.82, 2.24) is 14.8 Å². The van der Waals surface area contributed by atoms with Crippen LogP contribution in [0.4, 0.5) is 4.79 Å². The standard InChI is InChI=1S/C26H37N3O2/c1-20(2)17-29(24-13-15-28(19-24)25(30)31-26(3,4)5)18-22-11-7-6-10-21(22)16-23-12-8-9-14-27-23/h6-12,14,20,24H,13,15-19H2,1-5H3/t24-/m0/s1. The summed E-state index contributed by atoms with van der Waals surface area (Å²) in [6, 6.07) is 15.1. The first-order chi connectivity index (χ1) is 14.7. The normalized spacial score (nSPS) is 16.9. The van der Waals surface area contributed by atoms with Gasteiger partial charge in [-0.15, -0.1) is 0 Å². The fourth-order valence-electron chi connectivity index (χ4n) is 4.14. The molecule has 5 nitrogen and oxygen atoms in total. The fourth-order valence-corrected chi connectivity index (χ4v) is 4.14. The highest BCUT2D eigenvalue weighted by Crippen LogP contribution is 2.23. The van der Waals surface area contributed by atoms with Gasteiger partial charge in [0.15, 0.2) is 0 Å². The smallest absolute Gasteiger partial charge is 0.410 e. The van der Waals surface area contributed by atoms with Gasteiger partial charge < -0.3 is 9.64 Å². The molecular formula is C26H37N3O2. The van der Waals surface area contributed by atoms with Gasteiger partial charge in [-0.05, 0) is 56.4 Å². The second-order valence-electron chi connectivity index (χ2n) is 9.96. The van der Waals surface area contributed by atoms with Crippen LogP contribution in [0.3, 0.4) is 0 Å². The largest absolute Gasteiger partial charge is 0.444 e. The van der Waals surface area contributed by atoms with Crippen LogP contribution in [0.5, 0.6) is 0 Å². The average Bonchev–Trinajstić information content (AvgIpc) is 3.19. The van der Waals surface area contributed by atoms with Crippen molar-refractivity contribution < 1.29 is 9.53 Å². The number of aromatic nitrogens is 1. The summed E-state index contributed by atoms with van der Waals surface area (Å²) in [5, 5.41) is 0. The Morgan fingerprint density at radius 1 is 1.16 bits per heavy atom. The van der Waals surface area contributed by atoms with Crippen LogP contribution in [-0.4, -0.2) is 52.2 Å². The SMILES string of the molecule is CC(C)CN(Cc1ccccc1Cc1ccccn1)[C@H]1CCN(C(=O)OC(C)(C)C)C1. The number of carbonyl (C=O) groups is 1. The molecule has 3 rings (SSSR count). The third-order valence-electron chi connectivity index (χ3n) is 5.52. The van der Waals surface area contributed by atoms with Crippen molar-refractivity contribution in [3.63, 3.8) is 0 Å². The van der Waals surface area contributed by atoms with Gasteiger partial charge in [-0.3, -0.25) is 9.88 Å². The van der Waals surface area contributed by atoms with Gasteiger partial charge in [0.05, 0.1) is 0 Å². The van der Waals surface area contributed by atoms with Gasteiger partial charge in [0, 0.05) is 50.5 Å². The number of hydrogen-bond donors (Lipinski definition) is 0.